The molecule has 19 heavy (non-hydrogen) atoms. The fraction of sp³-hybridized carbons (Fsp3) is 0.462. The van der Waals surface area contributed by atoms with Crippen molar-refractivity contribution in [2.75, 3.05) is 0 Å². The Hall–Kier alpha value is -1.43. The van der Waals surface area contributed by atoms with E-state index in [2.05, 4.69) is 0 Å². The van der Waals surface area contributed by atoms with E-state index in [1.807, 2.05) is 0 Å². The zero-order valence-electron chi connectivity index (χ0n) is 11.1. The van der Waals surface area contributed by atoms with E-state index in [4.69, 9.17) is 5.11 Å². The maximum atomic E-state index is 13.6. The Morgan fingerprint density at radius 1 is 1.32 bits per heavy atom. The van der Waals surface area contributed by atoms with Crippen LogP contribution in [0.2, 0.25) is 0 Å². The highest BCUT2D eigenvalue weighted by Gasteiger charge is 2.27. The van der Waals surface area contributed by atoms with Crippen molar-refractivity contribution in [3.05, 3.63) is 29.1 Å². The molecule has 4 nitrogen and oxygen atoms in total. The Morgan fingerprint density at radius 2 is 1.84 bits per heavy atom. The predicted octanol–water partition coefficient (Wildman–Crippen LogP) is 2.79. The van der Waals surface area contributed by atoms with Gasteiger partial charge >= 0.3 is 5.97 Å². The van der Waals surface area contributed by atoms with Crippen molar-refractivity contribution in [1.82, 2.24) is 0 Å². The van der Waals surface area contributed by atoms with Gasteiger partial charge in [-0.15, -0.1) is 0 Å². The Kier molecular flexibility index (Phi) is 4.68. The molecule has 0 unspecified atom stereocenters. The molecule has 0 aliphatic heterocycles. The number of aromatic carboxylic acids is 1. The van der Waals surface area contributed by atoms with Gasteiger partial charge in [-0.25, -0.2) is 17.6 Å². The van der Waals surface area contributed by atoms with Gasteiger partial charge in [0.05, 0.1) is 15.7 Å². The van der Waals surface area contributed by atoms with Gasteiger partial charge in [-0.2, -0.15) is 0 Å². The average molecular weight is 288 g/mol. The van der Waals surface area contributed by atoms with Crippen LogP contribution >= 0.6 is 0 Å². The molecular weight excluding hydrogens is 271 g/mol. The zero-order chi connectivity index (χ0) is 14.8. The SMILES string of the molecule is CCC(CC)S(=O)(=O)c1cc(C)c(F)c(C(=O)O)c1. The molecule has 0 aromatic heterocycles. The lowest BCUT2D eigenvalue weighted by atomic mass is 10.1. The molecule has 106 valence electrons. The van der Waals surface area contributed by atoms with Crippen LogP contribution in [0.25, 0.3) is 0 Å². The fourth-order valence-corrected chi connectivity index (χ4v) is 3.86. The quantitative estimate of drug-likeness (QED) is 0.846. The third-order valence-corrected chi connectivity index (χ3v) is 5.57. The number of carbonyl (C=O) groups is 1. The minimum Gasteiger partial charge on any atom is -0.478 e. The molecule has 6 heteroatoms. The number of aryl methyl sites for hydroxylation is 1. The van der Waals surface area contributed by atoms with E-state index < -0.39 is 32.4 Å². The van der Waals surface area contributed by atoms with E-state index in [9.17, 15) is 17.6 Å². The Labute approximate surface area is 112 Å². The van der Waals surface area contributed by atoms with Crippen molar-refractivity contribution in [3.8, 4) is 0 Å². The molecule has 1 rings (SSSR count). The molecule has 0 aliphatic rings. The first kappa shape index (κ1) is 15.6. The highest BCUT2D eigenvalue weighted by atomic mass is 32.2. The summed E-state index contributed by atoms with van der Waals surface area (Å²) in [6, 6.07) is 2.09. The van der Waals surface area contributed by atoms with Crippen molar-refractivity contribution in [2.24, 2.45) is 0 Å². The molecule has 1 aromatic rings. The number of benzene rings is 1. The Bertz CT molecular complexity index is 589. The van der Waals surface area contributed by atoms with Crippen molar-refractivity contribution in [3.63, 3.8) is 0 Å². The summed E-state index contributed by atoms with van der Waals surface area (Å²) in [7, 11) is -3.63. The Balaban J connectivity index is 3.49. The van der Waals surface area contributed by atoms with Gasteiger partial charge in [0.25, 0.3) is 0 Å². The minimum absolute atomic E-state index is 0.0180. The van der Waals surface area contributed by atoms with Crippen LogP contribution in [0.3, 0.4) is 0 Å². The minimum atomic E-state index is -3.63. The number of hydrogen-bond donors (Lipinski definition) is 1. The summed E-state index contributed by atoms with van der Waals surface area (Å²) in [6.45, 7) is 4.86. The smallest absolute Gasteiger partial charge is 0.338 e. The van der Waals surface area contributed by atoms with Gasteiger partial charge in [0, 0.05) is 0 Å². The molecule has 0 amide bonds. The van der Waals surface area contributed by atoms with Gasteiger partial charge in [-0.1, -0.05) is 13.8 Å². The summed E-state index contributed by atoms with van der Waals surface area (Å²) in [5, 5.41) is 8.31. The predicted molar refractivity (Wildman–Crippen MR) is 69.7 cm³/mol. The maximum absolute atomic E-state index is 13.6. The fourth-order valence-electron chi connectivity index (χ4n) is 1.98. The third-order valence-electron chi connectivity index (χ3n) is 3.14. The van der Waals surface area contributed by atoms with Crippen LogP contribution in [-0.2, 0) is 9.84 Å². The van der Waals surface area contributed by atoms with Gasteiger partial charge < -0.3 is 5.11 Å². The van der Waals surface area contributed by atoms with E-state index in [0.29, 0.717) is 12.8 Å². The maximum Gasteiger partial charge on any atom is 0.338 e. The number of rotatable bonds is 5. The summed E-state index contributed by atoms with van der Waals surface area (Å²) in [4.78, 5) is 10.8. The summed E-state index contributed by atoms with van der Waals surface area (Å²) < 4.78 is 38.2. The van der Waals surface area contributed by atoms with Gasteiger partial charge in [-0.3, -0.25) is 0 Å². The first-order chi connectivity index (χ1) is 8.75. The van der Waals surface area contributed by atoms with Crippen LogP contribution in [0.1, 0.15) is 42.6 Å². The van der Waals surface area contributed by atoms with Crippen LogP contribution in [-0.4, -0.2) is 24.7 Å². The standard InChI is InChI=1S/C13H17FO4S/c1-4-9(5-2)19(17,18)10-6-8(3)12(14)11(7-10)13(15)16/h6-7,9H,4-5H2,1-3H3,(H,15,16). The van der Waals surface area contributed by atoms with Gasteiger partial charge in [0.15, 0.2) is 9.84 Å². The molecule has 1 N–H and O–H groups in total. The van der Waals surface area contributed by atoms with Crippen molar-refractivity contribution in [1.29, 1.82) is 0 Å². The lowest BCUT2D eigenvalue weighted by Gasteiger charge is -2.15. The van der Waals surface area contributed by atoms with E-state index in [-0.39, 0.29) is 10.5 Å². The van der Waals surface area contributed by atoms with Gasteiger partial charge in [-0.05, 0) is 37.5 Å². The van der Waals surface area contributed by atoms with E-state index in [0.717, 1.165) is 6.07 Å². The van der Waals surface area contributed by atoms with E-state index in [1.54, 1.807) is 13.8 Å². The second-order valence-electron chi connectivity index (χ2n) is 4.39. The molecular formula is C13H17FO4S. The van der Waals surface area contributed by atoms with Gasteiger partial charge in [0.2, 0.25) is 0 Å². The normalized spacial score (nSPS) is 11.8. The number of carboxylic acid groups (broad SMARTS) is 1. The second kappa shape index (κ2) is 5.69. The lowest BCUT2D eigenvalue weighted by Crippen LogP contribution is -2.20. The molecule has 1 aromatic carbocycles. The van der Waals surface area contributed by atoms with Crippen molar-refractivity contribution in [2.45, 2.75) is 43.8 Å². The van der Waals surface area contributed by atoms with Crippen LogP contribution in [0.5, 0.6) is 0 Å². The molecule has 0 atom stereocenters. The van der Waals surface area contributed by atoms with E-state index >= 15 is 0 Å². The largest absolute Gasteiger partial charge is 0.478 e. The van der Waals surface area contributed by atoms with Crippen LogP contribution < -0.4 is 0 Å². The zero-order valence-corrected chi connectivity index (χ0v) is 11.9. The molecule has 0 saturated carbocycles. The molecule has 0 fully saturated rings. The Morgan fingerprint density at radius 3 is 2.26 bits per heavy atom. The molecule has 0 radical (unpaired) electrons. The molecule has 0 saturated heterocycles. The summed E-state index contributed by atoms with van der Waals surface area (Å²) >= 11 is 0. The third kappa shape index (κ3) is 2.94. The lowest BCUT2D eigenvalue weighted by molar-refractivity contribution is 0.0691. The van der Waals surface area contributed by atoms with Crippen LogP contribution in [0.15, 0.2) is 17.0 Å². The van der Waals surface area contributed by atoms with Gasteiger partial charge in [0.1, 0.15) is 5.82 Å². The molecule has 0 aliphatic carbocycles. The van der Waals surface area contributed by atoms with E-state index in [1.165, 1.54) is 13.0 Å². The number of hydrogen-bond acceptors (Lipinski definition) is 3. The number of carboxylic acids is 1. The van der Waals surface area contributed by atoms with Crippen LogP contribution in [0.4, 0.5) is 4.39 Å². The summed E-state index contributed by atoms with van der Waals surface area (Å²) in [5.74, 6) is -2.36. The molecule has 0 spiro atoms. The van der Waals surface area contributed by atoms with Crippen LogP contribution in [0, 0.1) is 12.7 Å². The highest BCUT2D eigenvalue weighted by Crippen LogP contribution is 2.25. The summed E-state index contributed by atoms with van der Waals surface area (Å²) in [5.41, 5.74) is -0.589. The monoisotopic (exact) mass is 288 g/mol. The number of halogens is 1. The van der Waals surface area contributed by atoms with Crippen molar-refractivity contribution < 1.29 is 22.7 Å². The first-order valence-electron chi connectivity index (χ1n) is 6.03. The average Bonchev–Trinajstić information content (AvgIpc) is 2.33. The first-order valence-corrected chi connectivity index (χ1v) is 7.57. The van der Waals surface area contributed by atoms with Crippen molar-refractivity contribution >= 4 is 15.8 Å². The summed E-state index contributed by atoms with van der Waals surface area (Å²) in [6.07, 6.45) is 0.856. The molecule has 0 heterocycles. The number of sulfone groups is 1. The highest BCUT2D eigenvalue weighted by molar-refractivity contribution is 7.92. The molecule has 0 bridgehead atoms. The topological polar surface area (TPSA) is 71.4 Å². The second-order valence-corrected chi connectivity index (χ2v) is 6.62.